The summed E-state index contributed by atoms with van der Waals surface area (Å²) in [5.74, 6) is -0.141. The molecule has 0 aliphatic rings. The van der Waals surface area contributed by atoms with E-state index in [9.17, 15) is 4.79 Å². The van der Waals surface area contributed by atoms with E-state index >= 15 is 0 Å². The van der Waals surface area contributed by atoms with Crippen LogP contribution in [0.15, 0.2) is 67.0 Å². The Bertz CT molecular complexity index is 922. The van der Waals surface area contributed by atoms with Gasteiger partial charge in [-0.3, -0.25) is 9.78 Å². The molecule has 0 spiro atoms. The SMILES string of the molecule is CCc1cccc(C)c1NC(=O)c1cncc(N(CC)c2ccccc2)c1. The Labute approximate surface area is 160 Å². The van der Waals surface area contributed by atoms with Crippen molar-refractivity contribution in [2.45, 2.75) is 27.2 Å². The van der Waals surface area contributed by atoms with Gasteiger partial charge in [-0.25, -0.2) is 0 Å². The first-order chi connectivity index (χ1) is 13.1. The number of hydrogen-bond donors (Lipinski definition) is 1. The third-order valence-electron chi connectivity index (χ3n) is 4.66. The summed E-state index contributed by atoms with van der Waals surface area (Å²) in [6.45, 7) is 6.97. The first-order valence-electron chi connectivity index (χ1n) is 9.31. The predicted octanol–water partition coefficient (Wildman–Crippen LogP) is 5.36. The summed E-state index contributed by atoms with van der Waals surface area (Å²) in [6.07, 6.45) is 4.27. The van der Waals surface area contributed by atoms with Crippen molar-refractivity contribution in [3.05, 3.63) is 83.7 Å². The summed E-state index contributed by atoms with van der Waals surface area (Å²) in [5, 5.41) is 3.07. The van der Waals surface area contributed by atoms with E-state index in [-0.39, 0.29) is 5.91 Å². The highest BCUT2D eigenvalue weighted by atomic mass is 16.1. The van der Waals surface area contributed by atoms with Gasteiger partial charge in [0.1, 0.15) is 0 Å². The Hall–Kier alpha value is -3.14. The minimum Gasteiger partial charge on any atom is -0.340 e. The maximum atomic E-state index is 12.9. The number of amides is 1. The highest BCUT2D eigenvalue weighted by Crippen LogP contribution is 2.26. The number of benzene rings is 2. The lowest BCUT2D eigenvalue weighted by Gasteiger charge is -2.23. The first-order valence-corrected chi connectivity index (χ1v) is 9.31. The second-order valence-corrected chi connectivity index (χ2v) is 6.43. The predicted molar refractivity (Wildman–Crippen MR) is 112 cm³/mol. The number of para-hydroxylation sites is 2. The molecule has 3 rings (SSSR count). The average Bonchev–Trinajstić information content (AvgIpc) is 2.71. The van der Waals surface area contributed by atoms with Crippen LogP contribution in [0.2, 0.25) is 0 Å². The molecule has 1 aromatic heterocycles. The van der Waals surface area contributed by atoms with Crippen molar-refractivity contribution < 1.29 is 4.79 Å². The van der Waals surface area contributed by atoms with Gasteiger partial charge in [-0.1, -0.05) is 43.3 Å². The fourth-order valence-corrected chi connectivity index (χ4v) is 3.21. The van der Waals surface area contributed by atoms with E-state index in [0.29, 0.717) is 5.56 Å². The Balaban J connectivity index is 1.88. The minimum absolute atomic E-state index is 0.141. The Morgan fingerprint density at radius 2 is 1.78 bits per heavy atom. The van der Waals surface area contributed by atoms with Crippen molar-refractivity contribution in [1.82, 2.24) is 4.98 Å². The number of nitrogens with one attached hydrogen (secondary N) is 1. The fourth-order valence-electron chi connectivity index (χ4n) is 3.21. The van der Waals surface area contributed by atoms with E-state index in [0.717, 1.165) is 41.2 Å². The highest BCUT2D eigenvalue weighted by Gasteiger charge is 2.14. The van der Waals surface area contributed by atoms with Gasteiger partial charge in [0.2, 0.25) is 0 Å². The van der Waals surface area contributed by atoms with E-state index in [1.165, 1.54) is 0 Å². The molecule has 0 unspecified atom stereocenters. The highest BCUT2D eigenvalue weighted by molar-refractivity contribution is 6.05. The van der Waals surface area contributed by atoms with Crippen LogP contribution >= 0.6 is 0 Å². The minimum atomic E-state index is -0.141. The zero-order valence-electron chi connectivity index (χ0n) is 16.1. The van der Waals surface area contributed by atoms with Crippen LogP contribution in [0.5, 0.6) is 0 Å². The van der Waals surface area contributed by atoms with Gasteiger partial charge >= 0.3 is 0 Å². The number of hydrogen-bond acceptors (Lipinski definition) is 3. The fraction of sp³-hybridized carbons (Fsp3) is 0.217. The summed E-state index contributed by atoms with van der Waals surface area (Å²) >= 11 is 0. The Morgan fingerprint density at radius 3 is 2.48 bits per heavy atom. The zero-order valence-corrected chi connectivity index (χ0v) is 16.1. The molecule has 3 aromatic rings. The number of rotatable bonds is 6. The second-order valence-electron chi connectivity index (χ2n) is 6.43. The average molecular weight is 359 g/mol. The molecule has 1 heterocycles. The molecule has 2 aromatic carbocycles. The van der Waals surface area contributed by atoms with Crippen molar-refractivity contribution in [2.75, 3.05) is 16.8 Å². The number of carbonyl (C=O) groups is 1. The van der Waals surface area contributed by atoms with Crippen molar-refractivity contribution >= 4 is 23.0 Å². The molecule has 1 amide bonds. The third-order valence-corrected chi connectivity index (χ3v) is 4.66. The number of anilines is 3. The van der Waals surface area contributed by atoms with Gasteiger partial charge in [0.25, 0.3) is 5.91 Å². The molecule has 0 atom stereocenters. The standard InChI is InChI=1S/C23H25N3O/c1-4-18-11-9-10-17(3)22(18)25-23(27)19-14-21(16-24-15-19)26(5-2)20-12-7-6-8-13-20/h6-16H,4-5H2,1-3H3,(H,25,27). The number of nitrogens with zero attached hydrogens (tertiary/aromatic N) is 2. The van der Waals surface area contributed by atoms with Gasteiger partial charge < -0.3 is 10.2 Å². The van der Waals surface area contributed by atoms with E-state index < -0.39 is 0 Å². The molecule has 4 nitrogen and oxygen atoms in total. The van der Waals surface area contributed by atoms with Crippen molar-refractivity contribution in [3.8, 4) is 0 Å². The van der Waals surface area contributed by atoms with E-state index in [1.54, 1.807) is 12.4 Å². The van der Waals surface area contributed by atoms with Gasteiger partial charge in [-0.15, -0.1) is 0 Å². The molecule has 4 heteroatoms. The number of carbonyl (C=O) groups excluding carboxylic acids is 1. The Morgan fingerprint density at radius 1 is 1.00 bits per heavy atom. The van der Waals surface area contributed by atoms with E-state index in [4.69, 9.17) is 0 Å². The number of aryl methyl sites for hydroxylation is 2. The van der Waals surface area contributed by atoms with Crippen molar-refractivity contribution in [1.29, 1.82) is 0 Å². The number of pyridine rings is 1. The summed E-state index contributed by atoms with van der Waals surface area (Å²) in [4.78, 5) is 19.3. The van der Waals surface area contributed by atoms with Crippen LogP contribution in [-0.2, 0) is 6.42 Å². The first kappa shape index (κ1) is 18.6. The Kier molecular flexibility index (Phi) is 5.87. The lowest BCUT2D eigenvalue weighted by atomic mass is 10.1. The molecule has 1 N–H and O–H groups in total. The van der Waals surface area contributed by atoms with Gasteiger partial charge in [-0.2, -0.15) is 0 Å². The van der Waals surface area contributed by atoms with Crippen molar-refractivity contribution in [3.63, 3.8) is 0 Å². The summed E-state index contributed by atoms with van der Waals surface area (Å²) in [5.41, 5.74) is 5.61. The van der Waals surface area contributed by atoms with Crippen LogP contribution in [0.1, 0.15) is 35.3 Å². The van der Waals surface area contributed by atoms with Crippen molar-refractivity contribution in [2.24, 2.45) is 0 Å². The molecule has 27 heavy (non-hydrogen) atoms. The molecule has 0 aliphatic carbocycles. The molecular weight excluding hydrogens is 334 g/mol. The largest absolute Gasteiger partial charge is 0.340 e. The molecule has 0 saturated carbocycles. The molecule has 0 saturated heterocycles. The van der Waals surface area contributed by atoms with Crippen LogP contribution in [-0.4, -0.2) is 17.4 Å². The zero-order chi connectivity index (χ0) is 19.2. The smallest absolute Gasteiger partial charge is 0.257 e. The van der Waals surface area contributed by atoms with Crippen LogP contribution in [0.4, 0.5) is 17.1 Å². The quantitative estimate of drug-likeness (QED) is 0.644. The van der Waals surface area contributed by atoms with Crippen LogP contribution in [0.3, 0.4) is 0 Å². The molecule has 138 valence electrons. The number of aromatic nitrogens is 1. The lowest BCUT2D eigenvalue weighted by Crippen LogP contribution is -2.18. The normalized spacial score (nSPS) is 10.5. The molecule has 0 radical (unpaired) electrons. The second kappa shape index (κ2) is 8.49. The maximum Gasteiger partial charge on any atom is 0.257 e. The topological polar surface area (TPSA) is 45.2 Å². The molecule has 0 fully saturated rings. The monoisotopic (exact) mass is 359 g/mol. The van der Waals surface area contributed by atoms with Gasteiger partial charge in [0, 0.05) is 24.1 Å². The van der Waals surface area contributed by atoms with E-state index in [2.05, 4.69) is 41.2 Å². The summed E-state index contributed by atoms with van der Waals surface area (Å²) < 4.78 is 0. The third kappa shape index (κ3) is 4.17. The van der Waals surface area contributed by atoms with Gasteiger partial charge in [-0.05, 0) is 49.6 Å². The lowest BCUT2D eigenvalue weighted by molar-refractivity contribution is 0.102. The van der Waals surface area contributed by atoms with E-state index in [1.807, 2.05) is 49.4 Å². The molecule has 0 bridgehead atoms. The maximum absolute atomic E-state index is 12.9. The van der Waals surface area contributed by atoms with Gasteiger partial charge in [0.05, 0.1) is 17.4 Å². The summed E-state index contributed by atoms with van der Waals surface area (Å²) in [7, 11) is 0. The van der Waals surface area contributed by atoms with Crippen LogP contribution in [0.25, 0.3) is 0 Å². The molecular formula is C23H25N3O. The van der Waals surface area contributed by atoms with Crippen LogP contribution < -0.4 is 10.2 Å². The van der Waals surface area contributed by atoms with Crippen LogP contribution in [0, 0.1) is 6.92 Å². The summed E-state index contributed by atoms with van der Waals surface area (Å²) in [6, 6.07) is 18.1. The molecule has 0 aliphatic heterocycles. The van der Waals surface area contributed by atoms with Gasteiger partial charge in [0.15, 0.2) is 0 Å².